The van der Waals surface area contributed by atoms with Gasteiger partial charge in [-0.05, 0) is 37.5 Å². The van der Waals surface area contributed by atoms with Gasteiger partial charge in [0, 0.05) is 0 Å². The molecule has 4 N–H and O–H groups in total. The Morgan fingerprint density at radius 1 is 1.45 bits per heavy atom. The largest absolute Gasteiger partial charge is 0.409 e. The molecule has 0 aliphatic carbocycles. The third-order valence-corrected chi connectivity index (χ3v) is 4.59. The molecule has 1 aromatic carbocycles. The molecule has 0 saturated carbocycles. The molecule has 0 bridgehead atoms. The van der Waals surface area contributed by atoms with Gasteiger partial charge in [-0.2, -0.15) is 0 Å². The molecule has 0 radical (unpaired) electrons. The Hall–Kier alpha value is -1.60. The number of nitrogens with zero attached hydrogens (tertiary/aromatic N) is 1. The second kappa shape index (κ2) is 6.71. The van der Waals surface area contributed by atoms with Crippen molar-refractivity contribution in [3.63, 3.8) is 0 Å². The second-order valence-corrected chi connectivity index (χ2v) is 6.44. The zero-order valence-electron chi connectivity index (χ0n) is 11.9. The fraction of sp³-hybridized carbons (Fsp3) is 0.462. The third kappa shape index (κ3) is 3.94. The summed E-state index contributed by atoms with van der Waals surface area (Å²) >= 11 is 0. The lowest BCUT2D eigenvalue weighted by molar-refractivity contribution is 0.315. The molecule has 0 spiro atoms. The van der Waals surface area contributed by atoms with Gasteiger partial charge in [-0.3, -0.25) is 0 Å². The molecule has 1 atom stereocenters. The van der Waals surface area contributed by atoms with Crippen LogP contribution in [0.15, 0.2) is 28.3 Å². The lowest BCUT2D eigenvalue weighted by Crippen LogP contribution is -2.44. The van der Waals surface area contributed by atoms with Crippen LogP contribution in [0.5, 0.6) is 0 Å². The maximum atomic E-state index is 12.4. The van der Waals surface area contributed by atoms with E-state index in [0.29, 0.717) is 18.4 Å². The van der Waals surface area contributed by atoms with Gasteiger partial charge < -0.3 is 10.9 Å². The maximum Gasteiger partial charge on any atom is 0.241 e. The average molecular weight is 299 g/mol. The van der Waals surface area contributed by atoms with Gasteiger partial charge in [0.25, 0.3) is 0 Å². The van der Waals surface area contributed by atoms with Crippen molar-refractivity contribution in [2.75, 3.05) is 0 Å². The molecular weight excluding hydrogens is 278 g/mol. The molecule has 0 aromatic heterocycles. The standard InChI is InChI=1S/C13H21N3O3S/c1-4-5-11(13(14)15-17)16-20(18,19)12-8-9(2)6-7-10(12)3/h6-8,11,16-17H,4-5H2,1-3H3,(H2,14,15). The summed E-state index contributed by atoms with van der Waals surface area (Å²) in [4.78, 5) is 0.212. The predicted molar refractivity (Wildman–Crippen MR) is 78.3 cm³/mol. The topological polar surface area (TPSA) is 105 Å². The van der Waals surface area contributed by atoms with Crippen molar-refractivity contribution in [2.24, 2.45) is 10.9 Å². The minimum Gasteiger partial charge on any atom is -0.409 e. The number of hydrogen-bond donors (Lipinski definition) is 3. The van der Waals surface area contributed by atoms with E-state index in [1.165, 1.54) is 0 Å². The van der Waals surface area contributed by atoms with Crippen molar-refractivity contribution in [3.05, 3.63) is 29.3 Å². The van der Waals surface area contributed by atoms with Gasteiger partial charge in [0.05, 0.1) is 10.9 Å². The van der Waals surface area contributed by atoms with E-state index in [0.717, 1.165) is 5.56 Å². The summed E-state index contributed by atoms with van der Waals surface area (Å²) in [5.74, 6) is -0.138. The van der Waals surface area contributed by atoms with Crippen LogP contribution in [0.2, 0.25) is 0 Å². The van der Waals surface area contributed by atoms with Crippen LogP contribution < -0.4 is 10.5 Å². The van der Waals surface area contributed by atoms with Crippen LogP contribution in [0.3, 0.4) is 0 Å². The number of benzene rings is 1. The van der Waals surface area contributed by atoms with Crippen molar-refractivity contribution < 1.29 is 13.6 Å². The lowest BCUT2D eigenvalue weighted by Gasteiger charge is -2.18. The number of hydrogen-bond acceptors (Lipinski definition) is 4. The number of rotatable bonds is 6. The quantitative estimate of drug-likeness (QED) is 0.320. The smallest absolute Gasteiger partial charge is 0.241 e. The molecule has 1 rings (SSSR count). The fourth-order valence-corrected chi connectivity index (χ4v) is 3.45. The highest BCUT2D eigenvalue weighted by molar-refractivity contribution is 7.89. The van der Waals surface area contributed by atoms with Crippen LogP contribution >= 0.6 is 0 Å². The van der Waals surface area contributed by atoms with E-state index in [1.807, 2.05) is 19.9 Å². The van der Waals surface area contributed by atoms with Crippen molar-refractivity contribution >= 4 is 15.9 Å². The summed E-state index contributed by atoms with van der Waals surface area (Å²) in [5.41, 5.74) is 7.03. The Morgan fingerprint density at radius 3 is 2.65 bits per heavy atom. The molecule has 112 valence electrons. The number of nitrogens with two attached hydrogens (primary N) is 1. The van der Waals surface area contributed by atoms with Gasteiger partial charge in [-0.25, -0.2) is 13.1 Å². The molecule has 7 heteroatoms. The van der Waals surface area contributed by atoms with Gasteiger partial charge in [-0.1, -0.05) is 30.6 Å². The molecule has 1 unspecified atom stereocenters. The number of aryl methyl sites for hydroxylation is 2. The van der Waals surface area contributed by atoms with Crippen LogP contribution in [-0.2, 0) is 10.0 Å². The molecule has 0 heterocycles. The number of amidine groups is 1. The molecule has 20 heavy (non-hydrogen) atoms. The molecule has 0 aliphatic rings. The van der Waals surface area contributed by atoms with Crippen molar-refractivity contribution in [3.8, 4) is 0 Å². The van der Waals surface area contributed by atoms with E-state index in [9.17, 15) is 8.42 Å². The van der Waals surface area contributed by atoms with Gasteiger partial charge in [0.15, 0.2) is 5.84 Å². The summed E-state index contributed by atoms with van der Waals surface area (Å²) in [6, 6.07) is 4.49. The Balaban J connectivity index is 3.13. The molecule has 0 aliphatic heterocycles. The number of oxime groups is 1. The zero-order valence-corrected chi connectivity index (χ0v) is 12.7. The first-order valence-electron chi connectivity index (χ1n) is 6.38. The van der Waals surface area contributed by atoms with Gasteiger partial charge in [-0.15, -0.1) is 0 Å². The zero-order chi connectivity index (χ0) is 15.3. The summed E-state index contributed by atoms with van der Waals surface area (Å²) in [6.45, 7) is 5.45. The second-order valence-electron chi connectivity index (χ2n) is 4.76. The SMILES string of the molecule is CCCC(NS(=O)(=O)c1cc(C)ccc1C)/C(N)=N/O. The highest BCUT2D eigenvalue weighted by Gasteiger charge is 2.24. The predicted octanol–water partition coefficient (Wildman–Crippen LogP) is 1.50. The minimum absolute atomic E-state index is 0.138. The minimum atomic E-state index is -3.71. The lowest BCUT2D eigenvalue weighted by atomic mass is 10.2. The normalized spacial score (nSPS) is 14.2. The number of nitrogens with one attached hydrogen (secondary N) is 1. The van der Waals surface area contributed by atoms with Gasteiger partial charge >= 0.3 is 0 Å². The van der Waals surface area contributed by atoms with Crippen LogP contribution in [-0.4, -0.2) is 25.5 Å². The van der Waals surface area contributed by atoms with E-state index in [2.05, 4.69) is 9.88 Å². The van der Waals surface area contributed by atoms with E-state index in [-0.39, 0.29) is 10.7 Å². The summed E-state index contributed by atoms with van der Waals surface area (Å²) < 4.78 is 27.3. The highest BCUT2D eigenvalue weighted by Crippen LogP contribution is 2.17. The van der Waals surface area contributed by atoms with Crippen LogP contribution in [0.1, 0.15) is 30.9 Å². The first kappa shape index (κ1) is 16.5. The van der Waals surface area contributed by atoms with Crippen LogP contribution in [0.25, 0.3) is 0 Å². The summed E-state index contributed by atoms with van der Waals surface area (Å²) in [5, 5.41) is 11.6. The van der Waals surface area contributed by atoms with Gasteiger partial charge in [0.2, 0.25) is 10.0 Å². The Bertz CT molecular complexity index is 597. The monoisotopic (exact) mass is 299 g/mol. The molecular formula is C13H21N3O3S. The van der Waals surface area contributed by atoms with Crippen molar-refractivity contribution in [1.29, 1.82) is 0 Å². The summed E-state index contributed by atoms with van der Waals surface area (Å²) in [6.07, 6.45) is 1.16. The Labute approximate surface area is 119 Å². The van der Waals surface area contributed by atoms with E-state index in [1.54, 1.807) is 19.1 Å². The van der Waals surface area contributed by atoms with E-state index < -0.39 is 16.1 Å². The van der Waals surface area contributed by atoms with Crippen molar-refractivity contribution in [2.45, 2.75) is 44.6 Å². The molecule has 0 fully saturated rings. The molecule has 0 saturated heterocycles. The van der Waals surface area contributed by atoms with E-state index in [4.69, 9.17) is 10.9 Å². The Kier molecular flexibility index (Phi) is 5.52. The molecule has 0 amide bonds. The van der Waals surface area contributed by atoms with Crippen LogP contribution in [0, 0.1) is 13.8 Å². The van der Waals surface area contributed by atoms with Crippen molar-refractivity contribution in [1.82, 2.24) is 4.72 Å². The summed E-state index contributed by atoms with van der Waals surface area (Å²) in [7, 11) is -3.71. The van der Waals surface area contributed by atoms with Crippen LogP contribution in [0.4, 0.5) is 0 Å². The highest BCUT2D eigenvalue weighted by atomic mass is 32.2. The maximum absolute atomic E-state index is 12.4. The van der Waals surface area contributed by atoms with E-state index >= 15 is 0 Å². The first-order valence-corrected chi connectivity index (χ1v) is 7.87. The Morgan fingerprint density at radius 2 is 2.10 bits per heavy atom. The molecule has 1 aromatic rings. The first-order chi connectivity index (χ1) is 9.31. The van der Waals surface area contributed by atoms with Gasteiger partial charge in [0.1, 0.15) is 0 Å². The molecule has 6 nitrogen and oxygen atoms in total. The fourth-order valence-electron chi connectivity index (χ4n) is 1.87. The average Bonchev–Trinajstić information content (AvgIpc) is 2.39. The third-order valence-electron chi connectivity index (χ3n) is 2.98. The number of sulfonamides is 1.